The van der Waals surface area contributed by atoms with Gasteiger partial charge in [-0.05, 0) is 57.1 Å². The number of fused-ring (bicyclic) bond motifs is 1. The third-order valence-corrected chi connectivity index (χ3v) is 8.09. The highest BCUT2D eigenvalue weighted by Crippen LogP contribution is 2.65. The Hall–Kier alpha value is -1.04. The number of likely N-dealkylation sites (tertiary alicyclic amines) is 1. The Balaban J connectivity index is 1.61. The first kappa shape index (κ1) is 17.1. The Labute approximate surface area is 154 Å². The molecule has 2 aliphatic heterocycles. The highest BCUT2D eigenvalue weighted by Gasteiger charge is 2.74. The number of rotatable bonds is 4. The molecule has 0 aromatic carbocycles. The second-order valence-electron chi connectivity index (χ2n) is 9.34. The fourth-order valence-electron chi connectivity index (χ4n) is 6.65. The number of carbonyl (C=O) groups is 2. The molecule has 26 heavy (non-hydrogen) atoms. The molecule has 2 heterocycles. The zero-order valence-electron chi connectivity index (χ0n) is 15.7. The average molecular weight is 359 g/mol. The summed E-state index contributed by atoms with van der Waals surface area (Å²) in [5.41, 5.74) is -1.66. The summed E-state index contributed by atoms with van der Waals surface area (Å²) in [4.78, 5) is 27.8. The van der Waals surface area contributed by atoms with Crippen LogP contribution in [0.4, 0.5) is 0 Å². The van der Waals surface area contributed by atoms with Gasteiger partial charge in [-0.3, -0.25) is 14.5 Å². The molecule has 0 aromatic heterocycles. The van der Waals surface area contributed by atoms with E-state index in [1.807, 2.05) is 19.9 Å². The Bertz CT molecular complexity index is 681. The van der Waals surface area contributed by atoms with Crippen LogP contribution in [-0.2, 0) is 14.3 Å². The Morgan fingerprint density at radius 3 is 2.88 bits per heavy atom. The molecule has 5 nitrogen and oxygen atoms in total. The van der Waals surface area contributed by atoms with Crippen molar-refractivity contribution in [3.05, 3.63) is 12.2 Å². The molecule has 0 aromatic rings. The molecule has 5 rings (SSSR count). The monoisotopic (exact) mass is 359 g/mol. The number of Topliss-reactive ketones (excluding diaryl/α,β-unsaturated/α-hetero) is 1. The summed E-state index contributed by atoms with van der Waals surface area (Å²) in [6.07, 6.45) is 7.01. The molecule has 1 spiro atoms. The van der Waals surface area contributed by atoms with Crippen LogP contribution in [0.1, 0.15) is 46.0 Å². The first-order valence-electron chi connectivity index (χ1n) is 10.3. The standard InChI is InChI=1S/C21H29NO4/c1-3-14(23)19-21-8-9-22(11-12-4-5-12)16(20(21,2)25)10-13-6-7-15(24)18(26-19)17(13)21/h6-7,12-13,16-19,25H,3-5,8-11H2,1-2H3. The molecule has 2 bridgehead atoms. The van der Waals surface area contributed by atoms with Crippen molar-refractivity contribution < 1.29 is 19.4 Å². The lowest BCUT2D eigenvalue weighted by Gasteiger charge is -2.64. The predicted molar refractivity (Wildman–Crippen MR) is 95.5 cm³/mol. The number of ketones is 2. The van der Waals surface area contributed by atoms with E-state index in [1.54, 1.807) is 6.08 Å². The maximum Gasteiger partial charge on any atom is 0.184 e. The average Bonchev–Trinajstić information content (AvgIpc) is 3.34. The summed E-state index contributed by atoms with van der Waals surface area (Å²) in [7, 11) is 0. The Morgan fingerprint density at radius 1 is 1.42 bits per heavy atom. The number of nitrogens with zero attached hydrogens (tertiary/aromatic N) is 1. The van der Waals surface area contributed by atoms with Crippen LogP contribution in [-0.4, -0.2) is 58.5 Å². The first-order chi connectivity index (χ1) is 12.4. The van der Waals surface area contributed by atoms with Gasteiger partial charge in [0.1, 0.15) is 12.2 Å². The van der Waals surface area contributed by atoms with Gasteiger partial charge in [-0.1, -0.05) is 13.0 Å². The molecule has 142 valence electrons. The van der Waals surface area contributed by atoms with Gasteiger partial charge in [0.2, 0.25) is 0 Å². The van der Waals surface area contributed by atoms with Gasteiger partial charge in [0.15, 0.2) is 11.6 Å². The van der Waals surface area contributed by atoms with E-state index in [1.165, 1.54) is 12.8 Å². The van der Waals surface area contributed by atoms with Crippen molar-refractivity contribution in [2.75, 3.05) is 13.1 Å². The summed E-state index contributed by atoms with van der Waals surface area (Å²) in [5, 5.41) is 11.9. The van der Waals surface area contributed by atoms with Gasteiger partial charge in [-0.25, -0.2) is 0 Å². The molecule has 5 aliphatic rings. The van der Waals surface area contributed by atoms with Gasteiger partial charge in [-0.2, -0.15) is 0 Å². The summed E-state index contributed by atoms with van der Waals surface area (Å²) >= 11 is 0. The lowest BCUT2D eigenvalue weighted by molar-refractivity contribution is -0.223. The minimum atomic E-state index is -1.02. The van der Waals surface area contributed by atoms with Crippen molar-refractivity contribution in [2.45, 2.75) is 69.8 Å². The van der Waals surface area contributed by atoms with Crippen LogP contribution in [0.15, 0.2) is 12.2 Å². The number of hydrogen-bond acceptors (Lipinski definition) is 5. The minimum absolute atomic E-state index is 0.0301. The fourth-order valence-corrected chi connectivity index (χ4v) is 6.65. The third-order valence-electron chi connectivity index (χ3n) is 8.09. The van der Waals surface area contributed by atoms with Gasteiger partial charge < -0.3 is 9.84 Å². The molecule has 3 aliphatic carbocycles. The van der Waals surface area contributed by atoms with E-state index in [2.05, 4.69) is 4.90 Å². The van der Waals surface area contributed by atoms with E-state index in [4.69, 9.17) is 4.74 Å². The van der Waals surface area contributed by atoms with Crippen molar-refractivity contribution in [1.82, 2.24) is 4.90 Å². The number of piperidine rings is 1. The van der Waals surface area contributed by atoms with Crippen LogP contribution < -0.4 is 0 Å². The summed E-state index contributed by atoms with van der Waals surface area (Å²) in [6.45, 7) is 5.70. The van der Waals surface area contributed by atoms with E-state index in [-0.39, 0.29) is 29.4 Å². The quantitative estimate of drug-likeness (QED) is 0.828. The molecule has 4 fully saturated rings. The van der Waals surface area contributed by atoms with Crippen molar-refractivity contribution in [1.29, 1.82) is 0 Å². The maximum atomic E-state index is 12.8. The Morgan fingerprint density at radius 2 is 2.19 bits per heavy atom. The summed E-state index contributed by atoms with van der Waals surface area (Å²) in [5.74, 6) is 0.894. The lowest BCUT2D eigenvalue weighted by Crippen LogP contribution is -2.74. The lowest BCUT2D eigenvalue weighted by atomic mass is 9.46. The van der Waals surface area contributed by atoms with Gasteiger partial charge in [0.05, 0.1) is 5.60 Å². The van der Waals surface area contributed by atoms with E-state index in [9.17, 15) is 14.7 Å². The predicted octanol–water partition coefficient (Wildman–Crippen LogP) is 1.73. The molecule has 1 N–H and O–H groups in total. The Kier molecular flexibility index (Phi) is 3.61. The van der Waals surface area contributed by atoms with Gasteiger partial charge in [0.25, 0.3) is 0 Å². The highest BCUT2D eigenvalue weighted by atomic mass is 16.5. The van der Waals surface area contributed by atoms with Crippen molar-refractivity contribution in [3.8, 4) is 0 Å². The summed E-state index contributed by atoms with van der Waals surface area (Å²) < 4.78 is 6.16. The van der Waals surface area contributed by atoms with Gasteiger partial charge in [-0.15, -0.1) is 0 Å². The van der Waals surface area contributed by atoms with Gasteiger partial charge >= 0.3 is 0 Å². The molecule has 0 radical (unpaired) electrons. The summed E-state index contributed by atoms with van der Waals surface area (Å²) in [6, 6.07) is 0.0328. The zero-order chi connectivity index (χ0) is 18.3. The molecule has 7 atom stereocenters. The van der Waals surface area contributed by atoms with E-state index in [0.29, 0.717) is 6.42 Å². The molecule has 2 saturated carbocycles. The van der Waals surface area contributed by atoms with Crippen molar-refractivity contribution in [2.24, 2.45) is 23.2 Å². The molecule has 0 amide bonds. The van der Waals surface area contributed by atoms with Crippen LogP contribution in [0.3, 0.4) is 0 Å². The van der Waals surface area contributed by atoms with Crippen molar-refractivity contribution in [3.63, 3.8) is 0 Å². The van der Waals surface area contributed by atoms with E-state index in [0.717, 1.165) is 31.8 Å². The van der Waals surface area contributed by atoms with Crippen molar-refractivity contribution >= 4 is 11.6 Å². The van der Waals surface area contributed by atoms with Gasteiger partial charge in [0, 0.05) is 30.3 Å². The number of carbonyl (C=O) groups excluding carboxylic acids is 2. The van der Waals surface area contributed by atoms with Crippen LogP contribution in [0.5, 0.6) is 0 Å². The third kappa shape index (κ3) is 2.02. The maximum absolute atomic E-state index is 12.8. The fraction of sp³-hybridized carbons (Fsp3) is 0.810. The van der Waals surface area contributed by atoms with E-state index >= 15 is 0 Å². The first-order valence-corrected chi connectivity index (χ1v) is 10.3. The highest BCUT2D eigenvalue weighted by molar-refractivity contribution is 5.96. The van der Waals surface area contributed by atoms with Crippen LogP contribution >= 0.6 is 0 Å². The van der Waals surface area contributed by atoms with Crippen LogP contribution in [0.25, 0.3) is 0 Å². The molecule has 7 unspecified atom stereocenters. The second kappa shape index (κ2) is 5.49. The van der Waals surface area contributed by atoms with E-state index < -0.39 is 23.2 Å². The zero-order valence-corrected chi connectivity index (χ0v) is 15.7. The number of ether oxygens (including phenoxy) is 1. The normalized spacial score (nSPS) is 50.0. The second-order valence-corrected chi connectivity index (χ2v) is 9.34. The molecular formula is C21H29NO4. The SMILES string of the molecule is CCC(=O)C1OC2C(=O)C=CC3CC4N(CC5CC5)CCC1(C32)C4(C)O. The molecular weight excluding hydrogens is 330 g/mol. The topological polar surface area (TPSA) is 66.8 Å². The molecule has 5 heteroatoms. The van der Waals surface area contributed by atoms with Crippen LogP contribution in [0, 0.1) is 23.2 Å². The smallest absolute Gasteiger partial charge is 0.184 e. The number of hydrogen-bond donors (Lipinski definition) is 1. The van der Waals surface area contributed by atoms with Crippen LogP contribution in [0.2, 0.25) is 0 Å². The minimum Gasteiger partial charge on any atom is -0.388 e. The molecule has 2 saturated heterocycles. The number of allylic oxidation sites excluding steroid dienone is 1. The largest absolute Gasteiger partial charge is 0.388 e. The number of aliphatic hydroxyl groups is 1.